The quantitative estimate of drug-likeness (QED) is 0.234. The lowest BCUT2D eigenvalue weighted by Gasteiger charge is -2.21. The van der Waals surface area contributed by atoms with Crippen molar-refractivity contribution >= 4 is 12.1 Å². The Kier molecular flexibility index (Phi) is 9.30. The maximum atomic E-state index is 12.5. The molecule has 0 aliphatic rings. The second kappa shape index (κ2) is 11.7. The molecule has 0 aliphatic carbocycles. The lowest BCUT2D eigenvalue weighted by Crippen LogP contribution is -2.15. The Morgan fingerprint density at radius 1 is 0.969 bits per heavy atom. The largest absolute Gasteiger partial charge is 0.513 e. The number of aromatic carboxylic acids is 1. The Balaban J connectivity index is 2.75. The minimum atomic E-state index is -1.06. The summed E-state index contributed by atoms with van der Waals surface area (Å²) in [4.78, 5) is 24.7. The smallest absolute Gasteiger partial charge is 0.478 e. The summed E-state index contributed by atoms with van der Waals surface area (Å²) in [7, 11) is 0. The second-order valence-corrected chi connectivity index (χ2v) is 8.74. The summed E-state index contributed by atoms with van der Waals surface area (Å²) in [5.74, 6) is -0.275. The molecule has 0 heterocycles. The van der Waals surface area contributed by atoms with Crippen molar-refractivity contribution in [3.63, 3.8) is 0 Å². The van der Waals surface area contributed by atoms with Gasteiger partial charge in [-0.15, -0.1) is 0 Å². The predicted molar refractivity (Wildman–Crippen MR) is 128 cm³/mol. The topological polar surface area (TPSA) is 72.8 Å². The van der Waals surface area contributed by atoms with Crippen molar-refractivity contribution in [1.29, 1.82) is 0 Å². The van der Waals surface area contributed by atoms with Crippen molar-refractivity contribution in [3.05, 3.63) is 52.6 Å². The van der Waals surface area contributed by atoms with Gasteiger partial charge in [0.2, 0.25) is 0 Å². The first-order valence-corrected chi connectivity index (χ1v) is 11.6. The van der Waals surface area contributed by atoms with Crippen LogP contribution in [0.2, 0.25) is 0 Å². The monoisotopic (exact) mass is 440 g/mol. The van der Waals surface area contributed by atoms with Crippen LogP contribution < -0.4 is 4.74 Å². The van der Waals surface area contributed by atoms with Gasteiger partial charge in [0.15, 0.2) is 0 Å². The number of hydrogen-bond acceptors (Lipinski definition) is 4. The normalized spacial score (nSPS) is 11.1. The van der Waals surface area contributed by atoms with Gasteiger partial charge in [0.25, 0.3) is 0 Å². The van der Waals surface area contributed by atoms with E-state index in [2.05, 4.69) is 33.8 Å². The molecule has 0 spiro atoms. The number of carboxylic acids is 1. The first kappa shape index (κ1) is 25.4. The summed E-state index contributed by atoms with van der Waals surface area (Å²) in [6.45, 7) is 12.7. The molecule has 0 radical (unpaired) electrons. The summed E-state index contributed by atoms with van der Waals surface area (Å²) in [6, 6.07) is 9.46. The Bertz CT molecular complexity index is 943. The Morgan fingerprint density at radius 3 is 2.25 bits per heavy atom. The molecule has 0 bridgehead atoms. The van der Waals surface area contributed by atoms with Crippen LogP contribution in [0.25, 0.3) is 11.1 Å². The van der Waals surface area contributed by atoms with Crippen LogP contribution in [0.5, 0.6) is 5.75 Å². The zero-order valence-corrected chi connectivity index (χ0v) is 20.2. The van der Waals surface area contributed by atoms with Crippen LogP contribution in [0, 0.1) is 0 Å². The van der Waals surface area contributed by atoms with E-state index in [9.17, 15) is 14.7 Å². The standard InChI is InChI=1S/C27H36O5/c1-7-9-15-31-27(30)32-25-19(10-8-2)11-14-22(26(28)29)24(25)21-13-12-20(17(3)4)16-23(21)18(5)6/h11-14,16-18H,7-10,15H2,1-6H3,(H,28,29). The van der Waals surface area contributed by atoms with E-state index in [-0.39, 0.29) is 23.8 Å². The van der Waals surface area contributed by atoms with E-state index in [1.165, 1.54) is 5.56 Å². The molecule has 0 aliphatic heterocycles. The van der Waals surface area contributed by atoms with Crippen molar-refractivity contribution < 1.29 is 24.2 Å². The van der Waals surface area contributed by atoms with E-state index in [0.717, 1.165) is 36.0 Å². The molecule has 0 atom stereocenters. The third-order valence-electron chi connectivity index (χ3n) is 5.53. The fraction of sp³-hybridized carbons (Fsp3) is 0.481. The van der Waals surface area contributed by atoms with Crippen molar-refractivity contribution in [1.82, 2.24) is 0 Å². The molecule has 0 saturated heterocycles. The van der Waals surface area contributed by atoms with Crippen molar-refractivity contribution in [2.75, 3.05) is 6.61 Å². The SMILES string of the molecule is CCCCOC(=O)Oc1c(CCC)ccc(C(=O)O)c1-c1ccc(C(C)C)cc1C(C)C. The third kappa shape index (κ3) is 6.12. The van der Waals surface area contributed by atoms with Crippen LogP contribution >= 0.6 is 0 Å². The van der Waals surface area contributed by atoms with E-state index < -0.39 is 12.1 Å². The molecule has 174 valence electrons. The fourth-order valence-corrected chi connectivity index (χ4v) is 3.71. The predicted octanol–water partition coefficient (Wildman–Crippen LogP) is 7.57. The van der Waals surface area contributed by atoms with Crippen molar-refractivity contribution in [2.24, 2.45) is 0 Å². The summed E-state index contributed by atoms with van der Waals surface area (Å²) < 4.78 is 10.9. The highest BCUT2D eigenvalue weighted by atomic mass is 16.7. The minimum absolute atomic E-state index is 0.111. The van der Waals surface area contributed by atoms with E-state index in [1.54, 1.807) is 12.1 Å². The molecular formula is C27H36O5. The van der Waals surface area contributed by atoms with Crippen LogP contribution in [0.1, 0.15) is 99.7 Å². The second-order valence-electron chi connectivity index (χ2n) is 8.74. The molecule has 1 N–H and O–H groups in total. The van der Waals surface area contributed by atoms with Crippen molar-refractivity contribution in [3.8, 4) is 16.9 Å². The first-order chi connectivity index (χ1) is 15.2. The van der Waals surface area contributed by atoms with Gasteiger partial charge >= 0.3 is 12.1 Å². The van der Waals surface area contributed by atoms with Gasteiger partial charge in [-0.25, -0.2) is 9.59 Å². The summed E-state index contributed by atoms with van der Waals surface area (Å²) >= 11 is 0. The molecule has 0 saturated carbocycles. The molecule has 32 heavy (non-hydrogen) atoms. The van der Waals surface area contributed by atoms with Gasteiger partial charge in [-0.1, -0.05) is 78.6 Å². The number of carbonyl (C=O) groups excluding carboxylic acids is 1. The van der Waals surface area contributed by atoms with Crippen LogP contribution in [0.4, 0.5) is 4.79 Å². The maximum absolute atomic E-state index is 12.5. The highest BCUT2D eigenvalue weighted by Crippen LogP contribution is 2.42. The number of rotatable bonds is 10. The number of aryl methyl sites for hydroxylation is 1. The molecule has 5 heteroatoms. The molecular weight excluding hydrogens is 404 g/mol. The molecule has 0 aromatic heterocycles. The Hall–Kier alpha value is -2.82. The van der Waals surface area contributed by atoms with Crippen LogP contribution in [-0.4, -0.2) is 23.8 Å². The molecule has 2 aromatic carbocycles. The highest BCUT2D eigenvalue weighted by Gasteiger charge is 2.25. The number of benzene rings is 2. The third-order valence-corrected chi connectivity index (χ3v) is 5.53. The van der Waals surface area contributed by atoms with E-state index in [0.29, 0.717) is 17.9 Å². The van der Waals surface area contributed by atoms with Gasteiger partial charge in [-0.3, -0.25) is 0 Å². The van der Waals surface area contributed by atoms with Crippen LogP contribution in [0.3, 0.4) is 0 Å². The zero-order chi connectivity index (χ0) is 23.8. The fourth-order valence-electron chi connectivity index (χ4n) is 3.71. The van der Waals surface area contributed by atoms with E-state index >= 15 is 0 Å². The lowest BCUT2D eigenvalue weighted by atomic mass is 9.85. The van der Waals surface area contributed by atoms with Gasteiger partial charge in [-0.05, 0) is 53.0 Å². The molecule has 5 nitrogen and oxygen atoms in total. The number of ether oxygens (including phenoxy) is 2. The summed E-state index contributed by atoms with van der Waals surface area (Å²) in [5.41, 5.74) is 4.33. The van der Waals surface area contributed by atoms with Crippen LogP contribution in [0.15, 0.2) is 30.3 Å². The van der Waals surface area contributed by atoms with E-state index in [4.69, 9.17) is 9.47 Å². The zero-order valence-electron chi connectivity index (χ0n) is 20.2. The number of unbranched alkanes of at least 4 members (excludes halogenated alkanes) is 1. The number of hydrogen-bond donors (Lipinski definition) is 1. The van der Waals surface area contributed by atoms with Gasteiger partial charge < -0.3 is 14.6 Å². The maximum Gasteiger partial charge on any atom is 0.513 e. The van der Waals surface area contributed by atoms with Crippen molar-refractivity contribution in [2.45, 2.75) is 79.1 Å². The van der Waals surface area contributed by atoms with Gasteiger partial charge in [0.1, 0.15) is 5.75 Å². The molecule has 2 aromatic rings. The average Bonchev–Trinajstić information content (AvgIpc) is 2.74. The van der Waals surface area contributed by atoms with Gasteiger partial charge in [-0.2, -0.15) is 0 Å². The summed E-state index contributed by atoms with van der Waals surface area (Å²) in [6.07, 6.45) is 2.33. The summed E-state index contributed by atoms with van der Waals surface area (Å²) in [5, 5.41) is 9.98. The number of carboxylic acid groups (broad SMARTS) is 1. The van der Waals surface area contributed by atoms with Gasteiger partial charge in [0, 0.05) is 5.56 Å². The molecule has 0 unspecified atom stereocenters. The molecule has 2 rings (SSSR count). The molecule has 0 amide bonds. The first-order valence-electron chi connectivity index (χ1n) is 11.6. The lowest BCUT2D eigenvalue weighted by molar-refractivity contribution is 0.0695. The minimum Gasteiger partial charge on any atom is -0.478 e. The number of carbonyl (C=O) groups is 2. The Labute approximate surface area is 191 Å². The highest BCUT2D eigenvalue weighted by molar-refractivity contribution is 5.99. The van der Waals surface area contributed by atoms with Gasteiger partial charge in [0.05, 0.1) is 12.2 Å². The Morgan fingerprint density at radius 2 is 1.69 bits per heavy atom. The molecule has 0 fully saturated rings. The van der Waals surface area contributed by atoms with E-state index in [1.807, 2.05) is 26.0 Å². The van der Waals surface area contributed by atoms with Crippen LogP contribution in [-0.2, 0) is 11.2 Å². The average molecular weight is 441 g/mol.